The molecule has 0 radical (unpaired) electrons. The Labute approximate surface area is 198 Å². The lowest BCUT2D eigenvalue weighted by molar-refractivity contribution is -0.137. The Hall–Kier alpha value is -2.01. The number of rotatable bonds is 5. The molecule has 0 atom stereocenters. The van der Waals surface area contributed by atoms with Crippen molar-refractivity contribution < 1.29 is 13.2 Å². The van der Waals surface area contributed by atoms with Crippen LogP contribution in [0, 0.1) is 0 Å². The number of nitrogens with zero attached hydrogens (tertiary/aromatic N) is 3. The summed E-state index contributed by atoms with van der Waals surface area (Å²) in [4.78, 5) is 8.56. The third-order valence-corrected chi connectivity index (χ3v) is 5.22. The van der Waals surface area contributed by atoms with E-state index in [-0.39, 0.29) is 30.5 Å². The highest BCUT2D eigenvalue weighted by Gasteiger charge is 2.31. The van der Waals surface area contributed by atoms with Gasteiger partial charge in [-0.25, -0.2) is 0 Å². The molecule has 0 spiro atoms. The van der Waals surface area contributed by atoms with Crippen LogP contribution in [0.15, 0.2) is 53.5 Å². The third-order valence-electron chi connectivity index (χ3n) is 5.22. The van der Waals surface area contributed by atoms with Crippen LogP contribution < -0.4 is 15.5 Å². The molecule has 5 nitrogen and oxygen atoms in total. The minimum absolute atomic E-state index is 0. The van der Waals surface area contributed by atoms with Gasteiger partial charge in [0.2, 0.25) is 0 Å². The summed E-state index contributed by atoms with van der Waals surface area (Å²) in [7, 11) is 3.70. The molecule has 1 fully saturated rings. The van der Waals surface area contributed by atoms with Crippen molar-refractivity contribution in [1.29, 1.82) is 0 Å². The summed E-state index contributed by atoms with van der Waals surface area (Å²) in [5.41, 5.74) is 1.90. The second-order valence-electron chi connectivity index (χ2n) is 7.40. The minimum atomic E-state index is -4.37. The van der Waals surface area contributed by atoms with Crippen molar-refractivity contribution in [3.8, 4) is 0 Å². The fourth-order valence-corrected chi connectivity index (χ4v) is 3.44. The van der Waals surface area contributed by atoms with Crippen LogP contribution in [0.3, 0.4) is 0 Å². The van der Waals surface area contributed by atoms with Crippen LogP contribution in [0.25, 0.3) is 0 Å². The summed E-state index contributed by atoms with van der Waals surface area (Å²) < 4.78 is 39.9. The van der Waals surface area contributed by atoms with Crippen LogP contribution in [0.4, 0.5) is 18.9 Å². The second kappa shape index (κ2) is 11.6. The number of likely N-dealkylation sites (N-methyl/N-ethyl adjacent to an activating group) is 1. The van der Waals surface area contributed by atoms with Gasteiger partial charge in [-0.2, -0.15) is 13.2 Å². The van der Waals surface area contributed by atoms with Gasteiger partial charge in [0.1, 0.15) is 0 Å². The maximum absolute atomic E-state index is 13.3. The van der Waals surface area contributed by atoms with E-state index in [1.165, 1.54) is 12.1 Å². The molecule has 2 aromatic carbocycles. The molecule has 0 saturated carbocycles. The molecule has 0 aliphatic carbocycles. The molecule has 2 aromatic rings. The fourth-order valence-electron chi connectivity index (χ4n) is 3.44. The summed E-state index contributed by atoms with van der Waals surface area (Å²) >= 11 is 0. The zero-order valence-electron chi connectivity index (χ0n) is 17.7. The van der Waals surface area contributed by atoms with Crippen LogP contribution in [0.2, 0.25) is 0 Å². The number of guanidine groups is 1. The van der Waals surface area contributed by atoms with Crippen LogP contribution in [-0.2, 0) is 19.3 Å². The molecular weight excluding hydrogens is 518 g/mol. The molecule has 1 heterocycles. The number of piperazine rings is 1. The van der Waals surface area contributed by atoms with Crippen molar-refractivity contribution in [2.75, 3.05) is 45.2 Å². The fraction of sp³-hybridized carbons (Fsp3) is 0.409. The lowest BCUT2D eigenvalue weighted by atomic mass is 10.1. The van der Waals surface area contributed by atoms with E-state index in [9.17, 15) is 13.2 Å². The smallest absolute Gasteiger partial charge is 0.369 e. The first-order valence-electron chi connectivity index (χ1n) is 9.99. The zero-order valence-corrected chi connectivity index (χ0v) is 20.1. The number of nitrogens with one attached hydrogen (secondary N) is 2. The topological polar surface area (TPSA) is 42.9 Å². The number of aliphatic imine (C=N–C) groups is 1. The van der Waals surface area contributed by atoms with E-state index >= 15 is 0 Å². The summed E-state index contributed by atoms with van der Waals surface area (Å²) in [6, 6.07) is 13.9. The Balaban J connectivity index is 0.00000341. The van der Waals surface area contributed by atoms with Crippen LogP contribution in [0.1, 0.15) is 16.7 Å². The van der Waals surface area contributed by atoms with Gasteiger partial charge in [0, 0.05) is 52.0 Å². The van der Waals surface area contributed by atoms with Gasteiger partial charge in [-0.15, -0.1) is 24.0 Å². The molecule has 31 heavy (non-hydrogen) atoms. The van der Waals surface area contributed by atoms with Crippen LogP contribution in [0.5, 0.6) is 0 Å². The molecule has 0 amide bonds. The Morgan fingerprint density at radius 3 is 2.23 bits per heavy atom. The van der Waals surface area contributed by atoms with E-state index < -0.39 is 11.7 Å². The van der Waals surface area contributed by atoms with Crippen molar-refractivity contribution in [2.24, 2.45) is 4.99 Å². The molecule has 1 saturated heterocycles. The minimum Gasteiger partial charge on any atom is -0.369 e. The maximum Gasteiger partial charge on any atom is 0.416 e. The van der Waals surface area contributed by atoms with Crippen molar-refractivity contribution in [1.82, 2.24) is 15.5 Å². The Morgan fingerprint density at radius 1 is 0.968 bits per heavy atom. The van der Waals surface area contributed by atoms with E-state index in [1.54, 1.807) is 13.1 Å². The highest BCUT2D eigenvalue weighted by Crippen LogP contribution is 2.33. The van der Waals surface area contributed by atoms with E-state index in [0.29, 0.717) is 18.1 Å². The summed E-state index contributed by atoms with van der Waals surface area (Å²) in [5, 5.41) is 6.36. The average molecular weight is 547 g/mol. The van der Waals surface area contributed by atoms with Crippen LogP contribution >= 0.6 is 24.0 Å². The summed E-state index contributed by atoms with van der Waals surface area (Å²) in [6.45, 7) is 4.17. The molecule has 3 rings (SSSR count). The normalized spacial score (nSPS) is 15.4. The number of anilines is 1. The molecule has 170 valence electrons. The average Bonchev–Trinajstić information content (AvgIpc) is 2.74. The Bertz CT molecular complexity index is 850. The molecule has 0 unspecified atom stereocenters. The number of benzene rings is 2. The number of hydrogen-bond acceptors (Lipinski definition) is 3. The van der Waals surface area contributed by atoms with Crippen molar-refractivity contribution in [3.05, 3.63) is 65.2 Å². The highest BCUT2D eigenvalue weighted by atomic mass is 127. The maximum atomic E-state index is 13.3. The molecule has 9 heteroatoms. The van der Waals surface area contributed by atoms with E-state index in [1.807, 2.05) is 30.3 Å². The number of hydrogen-bond donors (Lipinski definition) is 2. The zero-order chi connectivity index (χ0) is 21.6. The molecule has 1 aliphatic heterocycles. The monoisotopic (exact) mass is 547 g/mol. The van der Waals surface area contributed by atoms with Gasteiger partial charge in [0.15, 0.2) is 5.96 Å². The third kappa shape index (κ3) is 7.27. The van der Waals surface area contributed by atoms with Crippen molar-refractivity contribution in [2.45, 2.75) is 19.3 Å². The molecule has 0 aromatic heterocycles. The molecular formula is C22H29F3IN5. The van der Waals surface area contributed by atoms with E-state index in [0.717, 1.165) is 37.4 Å². The Kier molecular flexibility index (Phi) is 9.42. The summed E-state index contributed by atoms with van der Waals surface area (Å²) in [6.07, 6.45) is -4.37. The largest absolute Gasteiger partial charge is 0.416 e. The van der Waals surface area contributed by atoms with Gasteiger partial charge in [-0.3, -0.25) is 4.99 Å². The van der Waals surface area contributed by atoms with Crippen molar-refractivity contribution >= 4 is 35.6 Å². The van der Waals surface area contributed by atoms with Gasteiger partial charge in [-0.1, -0.05) is 30.3 Å². The predicted molar refractivity (Wildman–Crippen MR) is 130 cm³/mol. The van der Waals surface area contributed by atoms with Gasteiger partial charge >= 0.3 is 6.18 Å². The Morgan fingerprint density at radius 2 is 1.61 bits per heavy atom. The quantitative estimate of drug-likeness (QED) is 0.338. The van der Waals surface area contributed by atoms with Gasteiger partial charge in [0.25, 0.3) is 0 Å². The van der Waals surface area contributed by atoms with Gasteiger partial charge in [0.05, 0.1) is 5.56 Å². The molecule has 0 bridgehead atoms. The molecule has 1 aliphatic rings. The first-order chi connectivity index (χ1) is 14.4. The summed E-state index contributed by atoms with van der Waals surface area (Å²) in [5.74, 6) is 0.542. The first-order valence-corrected chi connectivity index (χ1v) is 9.99. The van der Waals surface area contributed by atoms with Crippen molar-refractivity contribution in [3.63, 3.8) is 0 Å². The van der Waals surface area contributed by atoms with E-state index in [2.05, 4.69) is 32.5 Å². The predicted octanol–water partition coefficient (Wildman–Crippen LogP) is 3.94. The lowest BCUT2D eigenvalue weighted by Crippen LogP contribution is -2.45. The SMILES string of the molecule is CN=C(NCc1ccccc1)NCc1cc(C(F)(F)F)ccc1N1CCN(C)CC1.I. The van der Waals surface area contributed by atoms with Gasteiger partial charge in [-0.05, 0) is 36.4 Å². The van der Waals surface area contributed by atoms with Gasteiger partial charge < -0.3 is 20.4 Å². The molecule has 2 N–H and O–H groups in total. The second-order valence-corrected chi connectivity index (χ2v) is 7.40. The highest BCUT2D eigenvalue weighted by molar-refractivity contribution is 14.0. The standard InChI is InChI=1S/C22H28F3N5.HI/c1-26-21(27-15-17-6-4-3-5-7-17)28-16-18-14-19(22(23,24)25)8-9-20(18)30-12-10-29(2)11-13-30;/h3-9,14H,10-13,15-16H2,1-2H3,(H2,26,27,28);1H. The van der Waals surface area contributed by atoms with Crippen LogP contribution in [-0.4, -0.2) is 51.1 Å². The lowest BCUT2D eigenvalue weighted by Gasteiger charge is -2.35. The number of halogens is 4. The number of alkyl halides is 3. The first kappa shape index (κ1) is 25.3. The van der Waals surface area contributed by atoms with E-state index in [4.69, 9.17) is 0 Å².